The number of amides is 1. The molecule has 1 unspecified atom stereocenters. The van der Waals surface area contributed by atoms with Gasteiger partial charge in [0.1, 0.15) is 23.4 Å². The zero-order chi connectivity index (χ0) is 17.5. The summed E-state index contributed by atoms with van der Waals surface area (Å²) in [7, 11) is 1.40. The van der Waals surface area contributed by atoms with Gasteiger partial charge < -0.3 is 14.8 Å². The van der Waals surface area contributed by atoms with Gasteiger partial charge in [0.25, 0.3) is 0 Å². The van der Waals surface area contributed by atoms with E-state index in [0.29, 0.717) is 6.42 Å². The fourth-order valence-electron chi connectivity index (χ4n) is 1.63. The minimum Gasteiger partial charge on any atom is -0.473 e. The van der Waals surface area contributed by atoms with E-state index in [2.05, 4.69) is 10.3 Å². The molecule has 0 aliphatic rings. The van der Waals surface area contributed by atoms with Gasteiger partial charge in [0.05, 0.1) is 6.61 Å². The number of aromatic nitrogens is 1. The van der Waals surface area contributed by atoms with Gasteiger partial charge in [-0.25, -0.2) is 9.78 Å². The lowest BCUT2D eigenvalue weighted by atomic mass is 10.2. The van der Waals surface area contributed by atoms with Crippen molar-refractivity contribution in [1.82, 2.24) is 10.3 Å². The Kier molecular flexibility index (Phi) is 6.63. The molecule has 0 saturated carbocycles. The monoisotopic (exact) mass is 331 g/mol. The van der Waals surface area contributed by atoms with Crippen LogP contribution in [0.15, 0.2) is 12.1 Å². The Morgan fingerprint density at radius 2 is 2.17 bits per heavy atom. The SMILES string of the molecule is CCC(CCOC(=O)NC)Oc1nc(C(F)(F)F)ccc1C#N. The van der Waals surface area contributed by atoms with Crippen molar-refractivity contribution in [1.29, 1.82) is 5.26 Å². The van der Waals surface area contributed by atoms with Crippen LogP contribution in [0.5, 0.6) is 5.88 Å². The standard InChI is InChI=1S/C14H16F3N3O3/c1-3-10(6-7-22-13(21)19-2)23-12-9(8-18)4-5-11(20-12)14(15,16)17/h4-5,10H,3,6-7H2,1-2H3,(H,19,21). The van der Waals surface area contributed by atoms with E-state index in [1.807, 2.05) is 0 Å². The van der Waals surface area contributed by atoms with Crippen LogP contribution in [0.1, 0.15) is 31.0 Å². The Bertz CT molecular complexity index is 585. The predicted molar refractivity (Wildman–Crippen MR) is 73.7 cm³/mol. The maximum absolute atomic E-state index is 12.7. The maximum atomic E-state index is 12.7. The third kappa shape index (κ3) is 5.65. The summed E-state index contributed by atoms with van der Waals surface area (Å²) in [6.45, 7) is 1.78. The van der Waals surface area contributed by atoms with Gasteiger partial charge in [0.15, 0.2) is 0 Å². The zero-order valence-corrected chi connectivity index (χ0v) is 12.6. The number of ether oxygens (including phenoxy) is 2. The summed E-state index contributed by atoms with van der Waals surface area (Å²) < 4.78 is 48.3. The fraction of sp³-hybridized carbons (Fsp3) is 0.500. The topological polar surface area (TPSA) is 84.2 Å². The molecule has 1 aromatic heterocycles. The number of alkyl carbamates (subject to hydrolysis) is 1. The molecule has 1 N–H and O–H groups in total. The van der Waals surface area contributed by atoms with Crippen LogP contribution in [0, 0.1) is 11.3 Å². The van der Waals surface area contributed by atoms with Gasteiger partial charge in [-0.05, 0) is 18.6 Å². The molecule has 1 rings (SSSR count). The molecule has 23 heavy (non-hydrogen) atoms. The van der Waals surface area contributed by atoms with Crippen LogP contribution in [-0.4, -0.2) is 30.8 Å². The van der Waals surface area contributed by atoms with Crippen molar-refractivity contribution in [2.75, 3.05) is 13.7 Å². The second-order valence-corrected chi connectivity index (χ2v) is 4.48. The number of nitrogens with one attached hydrogen (secondary N) is 1. The van der Waals surface area contributed by atoms with Crippen molar-refractivity contribution in [3.63, 3.8) is 0 Å². The second kappa shape index (κ2) is 8.22. The lowest BCUT2D eigenvalue weighted by Gasteiger charge is -2.18. The molecule has 0 spiro atoms. The molecule has 0 saturated heterocycles. The number of pyridine rings is 1. The Balaban J connectivity index is 2.83. The molecule has 0 aliphatic heterocycles. The average Bonchev–Trinajstić information content (AvgIpc) is 2.52. The van der Waals surface area contributed by atoms with Gasteiger partial charge in [-0.3, -0.25) is 0 Å². The Morgan fingerprint density at radius 3 is 2.70 bits per heavy atom. The van der Waals surface area contributed by atoms with E-state index in [9.17, 15) is 18.0 Å². The zero-order valence-electron chi connectivity index (χ0n) is 12.6. The lowest BCUT2D eigenvalue weighted by molar-refractivity contribution is -0.141. The first-order chi connectivity index (χ1) is 10.8. The molecule has 9 heteroatoms. The van der Waals surface area contributed by atoms with E-state index in [1.165, 1.54) is 7.05 Å². The molecule has 0 fully saturated rings. The van der Waals surface area contributed by atoms with Gasteiger partial charge >= 0.3 is 12.3 Å². The van der Waals surface area contributed by atoms with Gasteiger partial charge in [-0.1, -0.05) is 6.92 Å². The number of carbonyl (C=O) groups is 1. The smallest absolute Gasteiger partial charge is 0.433 e. The summed E-state index contributed by atoms with van der Waals surface area (Å²) in [4.78, 5) is 14.3. The highest BCUT2D eigenvalue weighted by Gasteiger charge is 2.33. The van der Waals surface area contributed by atoms with Crippen molar-refractivity contribution >= 4 is 6.09 Å². The van der Waals surface area contributed by atoms with Crippen LogP contribution in [0.25, 0.3) is 0 Å². The van der Waals surface area contributed by atoms with Gasteiger partial charge in [-0.15, -0.1) is 0 Å². The first-order valence-electron chi connectivity index (χ1n) is 6.81. The number of hydrogen-bond donors (Lipinski definition) is 1. The summed E-state index contributed by atoms with van der Waals surface area (Å²) in [5.41, 5.74) is -1.23. The average molecular weight is 331 g/mol. The van der Waals surface area contributed by atoms with E-state index in [0.717, 1.165) is 12.1 Å². The van der Waals surface area contributed by atoms with Gasteiger partial charge in [-0.2, -0.15) is 18.4 Å². The van der Waals surface area contributed by atoms with E-state index < -0.39 is 24.1 Å². The second-order valence-electron chi connectivity index (χ2n) is 4.48. The van der Waals surface area contributed by atoms with Crippen molar-refractivity contribution < 1.29 is 27.4 Å². The van der Waals surface area contributed by atoms with Crippen LogP contribution in [0.3, 0.4) is 0 Å². The van der Waals surface area contributed by atoms with Crippen molar-refractivity contribution in [3.05, 3.63) is 23.4 Å². The van der Waals surface area contributed by atoms with E-state index in [-0.39, 0.29) is 24.5 Å². The van der Waals surface area contributed by atoms with Crippen LogP contribution < -0.4 is 10.1 Å². The third-order valence-corrected chi connectivity index (χ3v) is 2.88. The van der Waals surface area contributed by atoms with Gasteiger partial charge in [0, 0.05) is 13.5 Å². The summed E-state index contributed by atoms with van der Waals surface area (Å²) in [6, 6.07) is 3.47. The Morgan fingerprint density at radius 1 is 1.48 bits per heavy atom. The molecule has 1 atom stereocenters. The third-order valence-electron chi connectivity index (χ3n) is 2.88. The van der Waals surface area contributed by atoms with Crippen LogP contribution in [0.4, 0.5) is 18.0 Å². The minimum absolute atomic E-state index is 0.0268. The highest BCUT2D eigenvalue weighted by molar-refractivity contribution is 5.66. The van der Waals surface area contributed by atoms with Crippen LogP contribution >= 0.6 is 0 Å². The molecule has 0 aromatic carbocycles. The molecular formula is C14H16F3N3O3. The lowest BCUT2D eigenvalue weighted by Crippen LogP contribution is -2.24. The maximum Gasteiger partial charge on any atom is 0.433 e. The molecule has 1 aromatic rings. The number of rotatable bonds is 6. The van der Waals surface area contributed by atoms with Crippen LogP contribution in [-0.2, 0) is 10.9 Å². The van der Waals surface area contributed by atoms with Crippen molar-refractivity contribution in [3.8, 4) is 11.9 Å². The highest BCUT2D eigenvalue weighted by Crippen LogP contribution is 2.30. The predicted octanol–water partition coefficient (Wildman–Crippen LogP) is 2.88. The normalized spacial score (nSPS) is 12.2. The van der Waals surface area contributed by atoms with Crippen molar-refractivity contribution in [2.24, 2.45) is 0 Å². The summed E-state index contributed by atoms with van der Waals surface area (Å²) in [5, 5.41) is 11.2. The quantitative estimate of drug-likeness (QED) is 0.866. The summed E-state index contributed by atoms with van der Waals surface area (Å²) in [6.07, 6.45) is -5.08. The first kappa shape index (κ1) is 18.5. The summed E-state index contributed by atoms with van der Waals surface area (Å²) in [5.74, 6) is -0.380. The number of nitrogens with zero attached hydrogens (tertiary/aromatic N) is 2. The fourth-order valence-corrected chi connectivity index (χ4v) is 1.63. The highest BCUT2D eigenvalue weighted by atomic mass is 19.4. The van der Waals surface area contributed by atoms with Crippen LogP contribution in [0.2, 0.25) is 0 Å². The number of hydrogen-bond acceptors (Lipinski definition) is 5. The molecule has 1 amide bonds. The van der Waals surface area contributed by atoms with E-state index >= 15 is 0 Å². The summed E-state index contributed by atoms with van der Waals surface area (Å²) >= 11 is 0. The molecule has 126 valence electrons. The molecular weight excluding hydrogens is 315 g/mol. The number of carbonyl (C=O) groups excluding carboxylic acids is 1. The minimum atomic E-state index is -4.63. The van der Waals surface area contributed by atoms with Gasteiger partial charge in [0.2, 0.25) is 5.88 Å². The molecule has 1 heterocycles. The molecule has 0 bridgehead atoms. The first-order valence-corrected chi connectivity index (χ1v) is 6.81. The van der Waals surface area contributed by atoms with E-state index in [1.54, 1.807) is 13.0 Å². The molecule has 0 aliphatic carbocycles. The number of alkyl halides is 3. The van der Waals surface area contributed by atoms with Crippen molar-refractivity contribution in [2.45, 2.75) is 32.0 Å². The van der Waals surface area contributed by atoms with E-state index in [4.69, 9.17) is 14.7 Å². The Labute approximate surface area is 131 Å². The number of nitriles is 1. The Hall–Kier alpha value is -2.50. The molecule has 0 radical (unpaired) electrons. The number of halogens is 3. The molecule has 6 nitrogen and oxygen atoms in total. The largest absolute Gasteiger partial charge is 0.473 e.